The number of rotatable bonds is 3. The third-order valence-corrected chi connectivity index (χ3v) is 6.61. The summed E-state index contributed by atoms with van der Waals surface area (Å²) in [7, 11) is 0. The maximum atomic E-state index is 14.3. The first-order valence-corrected chi connectivity index (χ1v) is 9.44. The molecule has 4 fully saturated rings. The molecule has 1 aromatic carbocycles. The Kier molecular flexibility index (Phi) is 3.58. The Balaban J connectivity index is 1.39. The van der Waals surface area contributed by atoms with Crippen LogP contribution in [0, 0.1) is 42.3 Å². The van der Waals surface area contributed by atoms with Gasteiger partial charge in [-0.3, -0.25) is 4.79 Å². The molecule has 4 bridgehead atoms. The Labute approximate surface area is 151 Å². The maximum absolute atomic E-state index is 14.3. The van der Waals surface area contributed by atoms with Gasteiger partial charge >= 0.3 is 0 Å². The van der Waals surface area contributed by atoms with E-state index in [0.717, 1.165) is 37.5 Å². The van der Waals surface area contributed by atoms with Crippen LogP contribution in [0.5, 0.6) is 0 Å². The van der Waals surface area contributed by atoms with E-state index in [-0.39, 0.29) is 17.5 Å². The largest absolute Gasteiger partial charge is 0.323 e. The monoisotopic (exact) mass is 355 g/mol. The Hall–Kier alpha value is -2.31. The topological polar surface area (TPSA) is 72.7 Å². The van der Waals surface area contributed by atoms with Gasteiger partial charge in [0.1, 0.15) is 5.82 Å². The van der Waals surface area contributed by atoms with Crippen molar-refractivity contribution in [1.29, 1.82) is 0 Å². The molecule has 0 atom stereocenters. The molecule has 26 heavy (non-hydrogen) atoms. The fraction of sp³-hybridized carbons (Fsp3) is 0.579. The zero-order chi connectivity index (χ0) is 17.8. The molecule has 0 aliphatic heterocycles. The number of hydrogen-bond acceptors (Lipinski definition) is 4. The van der Waals surface area contributed by atoms with E-state index < -0.39 is 5.82 Å². The SMILES string of the molecule is Cc1nnnn1-c1ccc(F)c(NC(=O)C2C3CC4CC(C3)CC2C4)c1. The van der Waals surface area contributed by atoms with E-state index in [1.54, 1.807) is 19.1 Å². The van der Waals surface area contributed by atoms with Crippen molar-refractivity contribution in [3.05, 3.63) is 29.8 Å². The van der Waals surface area contributed by atoms with Crippen LogP contribution in [-0.2, 0) is 4.79 Å². The minimum Gasteiger partial charge on any atom is -0.323 e. The Morgan fingerprint density at radius 2 is 1.85 bits per heavy atom. The lowest BCUT2D eigenvalue weighted by Gasteiger charge is -2.53. The molecule has 0 saturated heterocycles. The van der Waals surface area contributed by atoms with E-state index in [9.17, 15) is 9.18 Å². The smallest absolute Gasteiger partial charge is 0.228 e. The first kappa shape index (κ1) is 15.9. The summed E-state index contributed by atoms with van der Waals surface area (Å²) in [6, 6.07) is 4.56. The number of nitrogens with one attached hydrogen (secondary N) is 1. The summed E-state index contributed by atoms with van der Waals surface area (Å²) in [6.45, 7) is 1.77. The number of nitrogens with zero attached hydrogens (tertiary/aromatic N) is 4. The molecule has 136 valence electrons. The molecule has 7 heteroatoms. The lowest BCUT2D eigenvalue weighted by Crippen LogP contribution is -2.49. The quantitative estimate of drug-likeness (QED) is 0.918. The molecule has 0 radical (unpaired) electrons. The fourth-order valence-electron chi connectivity index (χ4n) is 5.78. The van der Waals surface area contributed by atoms with Gasteiger partial charge in [0, 0.05) is 5.92 Å². The van der Waals surface area contributed by atoms with Crippen LogP contribution in [0.4, 0.5) is 10.1 Å². The van der Waals surface area contributed by atoms with E-state index in [1.165, 1.54) is 17.2 Å². The summed E-state index contributed by atoms with van der Waals surface area (Å²) in [4.78, 5) is 13.0. The molecule has 0 spiro atoms. The summed E-state index contributed by atoms with van der Waals surface area (Å²) in [5.41, 5.74) is 0.838. The zero-order valence-corrected chi connectivity index (χ0v) is 14.7. The lowest BCUT2D eigenvalue weighted by molar-refractivity contribution is -0.132. The van der Waals surface area contributed by atoms with Crippen LogP contribution in [0.25, 0.3) is 5.69 Å². The lowest BCUT2D eigenvalue weighted by atomic mass is 9.51. The maximum Gasteiger partial charge on any atom is 0.228 e. The molecule has 1 aromatic heterocycles. The van der Waals surface area contributed by atoms with Crippen molar-refractivity contribution in [2.45, 2.75) is 39.0 Å². The minimum atomic E-state index is -0.434. The van der Waals surface area contributed by atoms with E-state index in [4.69, 9.17) is 0 Å². The minimum absolute atomic E-state index is 0.0247. The first-order valence-electron chi connectivity index (χ1n) is 9.44. The van der Waals surface area contributed by atoms with Crippen LogP contribution in [-0.4, -0.2) is 26.1 Å². The van der Waals surface area contributed by atoms with Crippen LogP contribution >= 0.6 is 0 Å². The second-order valence-electron chi connectivity index (χ2n) is 8.25. The number of benzene rings is 1. The summed E-state index contributed by atoms with van der Waals surface area (Å²) in [6.07, 6.45) is 6.01. The highest BCUT2D eigenvalue weighted by atomic mass is 19.1. The van der Waals surface area contributed by atoms with Gasteiger partial charge in [0.05, 0.1) is 11.4 Å². The van der Waals surface area contributed by atoms with Gasteiger partial charge in [-0.25, -0.2) is 4.39 Å². The summed E-state index contributed by atoms with van der Waals surface area (Å²) >= 11 is 0. The van der Waals surface area contributed by atoms with Crippen LogP contribution in [0.15, 0.2) is 18.2 Å². The number of tetrazole rings is 1. The molecule has 6 rings (SSSR count). The Morgan fingerprint density at radius 3 is 2.46 bits per heavy atom. The fourth-order valence-corrected chi connectivity index (χ4v) is 5.78. The van der Waals surface area contributed by atoms with Crippen molar-refractivity contribution in [3.63, 3.8) is 0 Å². The molecule has 6 nitrogen and oxygen atoms in total. The molecule has 1 amide bonds. The van der Waals surface area contributed by atoms with Gasteiger partial charge in [0.15, 0.2) is 5.82 Å². The van der Waals surface area contributed by atoms with Crippen molar-refractivity contribution >= 4 is 11.6 Å². The van der Waals surface area contributed by atoms with Gasteiger partial charge in [-0.15, -0.1) is 5.10 Å². The van der Waals surface area contributed by atoms with Crippen molar-refractivity contribution < 1.29 is 9.18 Å². The van der Waals surface area contributed by atoms with Crippen LogP contribution in [0.1, 0.15) is 37.9 Å². The standard InChI is InChI=1S/C19H22FN5O/c1-10-22-23-24-25(10)15-2-3-16(20)17(9-15)21-19(26)18-13-5-11-4-12(7-13)8-14(18)6-11/h2-3,9,11-14,18H,4-8H2,1H3,(H,21,26). The van der Waals surface area contributed by atoms with E-state index >= 15 is 0 Å². The molecule has 0 unspecified atom stereocenters. The number of carbonyl (C=O) groups excluding carboxylic acids is 1. The molecular formula is C19H22FN5O. The normalized spacial score (nSPS) is 32.0. The van der Waals surface area contributed by atoms with Crippen molar-refractivity contribution in [2.75, 3.05) is 5.32 Å². The van der Waals surface area contributed by atoms with Crippen molar-refractivity contribution in [3.8, 4) is 5.69 Å². The van der Waals surface area contributed by atoms with Crippen LogP contribution in [0.3, 0.4) is 0 Å². The third-order valence-electron chi connectivity index (χ3n) is 6.61. The van der Waals surface area contributed by atoms with Gasteiger partial charge in [0.2, 0.25) is 5.91 Å². The average Bonchev–Trinajstić information content (AvgIpc) is 3.02. The number of amides is 1. The Morgan fingerprint density at radius 1 is 1.15 bits per heavy atom. The molecule has 1 N–H and O–H groups in total. The predicted octanol–water partition coefficient (Wildman–Crippen LogP) is 3.12. The summed E-state index contributed by atoms with van der Waals surface area (Å²) in [5, 5.41) is 14.2. The zero-order valence-electron chi connectivity index (χ0n) is 14.7. The van der Waals surface area contributed by atoms with Crippen LogP contribution < -0.4 is 5.32 Å². The number of halogens is 1. The second-order valence-corrected chi connectivity index (χ2v) is 8.25. The van der Waals surface area contributed by atoms with Gasteiger partial charge in [-0.2, -0.15) is 4.68 Å². The highest BCUT2D eigenvalue weighted by molar-refractivity contribution is 5.93. The summed E-state index contributed by atoms with van der Waals surface area (Å²) in [5.74, 6) is 2.74. The number of hydrogen-bond donors (Lipinski definition) is 1. The highest BCUT2D eigenvalue weighted by Gasteiger charge is 2.50. The van der Waals surface area contributed by atoms with Gasteiger partial charge in [-0.1, -0.05) is 0 Å². The van der Waals surface area contributed by atoms with Crippen molar-refractivity contribution in [1.82, 2.24) is 20.2 Å². The number of anilines is 1. The van der Waals surface area contributed by atoms with E-state index in [0.29, 0.717) is 23.3 Å². The number of aryl methyl sites for hydroxylation is 1. The molecular weight excluding hydrogens is 333 g/mol. The molecule has 4 aliphatic rings. The van der Waals surface area contributed by atoms with Crippen LogP contribution in [0.2, 0.25) is 0 Å². The molecule has 1 heterocycles. The average molecular weight is 355 g/mol. The predicted molar refractivity (Wildman–Crippen MR) is 93.0 cm³/mol. The number of carbonyl (C=O) groups is 1. The van der Waals surface area contributed by atoms with E-state index in [1.807, 2.05) is 0 Å². The third kappa shape index (κ3) is 2.52. The molecule has 4 aliphatic carbocycles. The molecule has 2 aromatic rings. The summed E-state index contributed by atoms with van der Waals surface area (Å²) < 4.78 is 15.8. The van der Waals surface area contributed by atoms with E-state index in [2.05, 4.69) is 20.8 Å². The van der Waals surface area contributed by atoms with Gasteiger partial charge in [0.25, 0.3) is 0 Å². The highest BCUT2D eigenvalue weighted by Crippen LogP contribution is 2.56. The Bertz CT molecular complexity index is 835. The van der Waals surface area contributed by atoms with Gasteiger partial charge in [-0.05, 0) is 91.3 Å². The second kappa shape index (κ2) is 5.86. The first-order chi connectivity index (χ1) is 12.6. The number of aromatic nitrogens is 4. The van der Waals surface area contributed by atoms with Gasteiger partial charge < -0.3 is 5.32 Å². The van der Waals surface area contributed by atoms with Crippen molar-refractivity contribution in [2.24, 2.45) is 29.6 Å². The molecule has 4 saturated carbocycles.